The van der Waals surface area contributed by atoms with Gasteiger partial charge in [0.1, 0.15) is 5.75 Å². The van der Waals surface area contributed by atoms with Crippen LogP contribution in [0.2, 0.25) is 5.02 Å². The number of esters is 2. The maximum atomic E-state index is 12.5. The van der Waals surface area contributed by atoms with Gasteiger partial charge in [0.2, 0.25) is 5.90 Å². The minimum absolute atomic E-state index is 0.0880. The number of hydrogen-bond donors (Lipinski definition) is 0. The smallest absolute Gasteiger partial charge is 0.363 e. The van der Waals surface area contributed by atoms with Crippen molar-refractivity contribution in [3.63, 3.8) is 0 Å². The third-order valence-corrected chi connectivity index (χ3v) is 5.24. The van der Waals surface area contributed by atoms with Gasteiger partial charge in [-0.2, -0.15) is 0 Å². The highest BCUT2D eigenvalue weighted by Crippen LogP contribution is 2.31. The zero-order chi connectivity index (χ0) is 25.5. The molecule has 0 fully saturated rings. The number of cyclic esters (lactones) is 1. The molecule has 8 heteroatoms. The van der Waals surface area contributed by atoms with E-state index in [1.807, 2.05) is 37.3 Å². The second kappa shape index (κ2) is 11.4. The molecule has 0 spiro atoms. The summed E-state index contributed by atoms with van der Waals surface area (Å²) in [6.45, 7) is 2.17. The molecule has 1 aliphatic rings. The summed E-state index contributed by atoms with van der Waals surface area (Å²) in [6.07, 6.45) is 4.56. The second-order valence-electron chi connectivity index (χ2n) is 7.48. The molecule has 0 saturated carbocycles. The zero-order valence-corrected chi connectivity index (χ0v) is 20.3. The number of halogens is 1. The lowest BCUT2D eigenvalue weighted by molar-refractivity contribution is -0.130. The van der Waals surface area contributed by atoms with Crippen LogP contribution < -0.4 is 14.2 Å². The molecule has 4 rings (SSSR count). The Bertz CT molecular complexity index is 1380. The van der Waals surface area contributed by atoms with Gasteiger partial charge < -0.3 is 18.9 Å². The summed E-state index contributed by atoms with van der Waals surface area (Å²) in [6, 6.07) is 19.3. The molecule has 0 amide bonds. The lowest BCUT2D eigenvalue weighted by atomic mass is 10.1. The summed E-state index contributed by atoms with van der Waals surface area (Å²) in [4.78, 5) is 29.1. The number of methoxy groups -OCH3 is 1. The molecule has 3 aromatic carbocycles. The van der Waals surface area contributed by atoms with Crippen molar-refractivity contribution in [2.24, 2.45) is 4.99 Å². The Morgan fingerprint density at radius 2 is 1.78 bits per heavy atom. The monoisotopic (exact) mass is 503 g/mol. The average Bonchev–Trinajstić information content (AvgIpc) is 3.25. The van der Waals surface area contributed by atoms with Crippen LogP contribution in [-0.4, -0.2) is 31.6 Å². The molecule has 0 atom stereocenters. The molecule has 0 aromatic heterocycles. The van der Waals surface area contributed by atoms with E-state index in [1.54, 1.807) is 48.6 Å². The summed E-state index contributed by atoms with van der Waals surface area (Å²) in [5, 5.41) is 0.451. The maximum absolute atomic E-state index is 12.5. The summed E-state index contributed by atoms with van der Waals surface area (Å²) in [7, 11) is 1.50. The number of nitrogens with zero attached hydrogens (tertiary/aromatic N) is 1. The summed E-state index contributed by atoms with van der Waals surface area (Å²) < 4.78 is 21.8. The van der Waals surface area contributed by atoms with Gasteiger partial charge in [-0.1, -0.05) is 48.0 Å². The van der Waals surface area contributed by atoms with E-state index in [1.165, 1.54) is 13.2 Å². The van der Waals surface area contributed by atoms with Crippen LogP contribution in [0.4, 0.5) is 0 Å². The predicted molar refractivity (Wildman–Crippen MR) is 137 cm³/mol. The standard InChI is InChI=1S/C28H22ClNO6/c1-3-34-25-16-19(9-12-24(25)35-26(31)14-10-18-7-5-4-6-8-18)15-22-28(32)36-27(30-22)21-17-20(29)11-13-23(21)33-2/h4-17H,3H2,1-2H3/b14-10+,22-15-. The van der Waals surface area contributed by atoms with Gasteiger partial charge in [0.25, 0.3) is 0 Å². The van der Waals surface area contributed by atoms with Crippen molar-refractivity contribution in [2.45, 2.75) is 6.92 Å². The molecule has 0 saturated heterocycles. The Balaban J connectivity index is 1.56. The van der Waals surface area contributed by atoms with Crippen molar-refractivity contribution < 1.29 is 28.5 Å². The van der Waals surface area contributed by atoms with Crippen LogP contribution in [0.1, 0.15) is 23.6 Å². The Morgan fingerprint density at radius 1 is 1.00 bits per heavy atom. The average molecular weight is 504 g/mol. The number of rotatable bonds is 8. The van der Waals surface area contributed by atoms with Gasteiger partial charge in [-0.3, -0.25) is 0 Å². The SMILES string of the molecule is CCOc1cc(/C=C2\N=C(c3cc(Cl)ccc3OC)OC2=O)ccc1OC(=O)/C=C/c1ccccc1. The van der Waals surface area contributed by atoms with Crippen molar-refractivity contribution in [2.75, 3.05) is 13.7 Å². The Kier molecular flexibility index (Phi) is 7.82. The Hall–Kier alpha value is -4.36. The first kappa shape index (κ1) is 24.8. The lowest BCUT2D eigenvalue weighted by Gasteiger charge is -2.10. The van der Waals surface area contributed by atoms with Crippen LogP contribution in [0.5, 0.6) is 17.2 Å². The summed E-state index contributed by atoms with van der Waals surface area (Å²) in [5.74, 6) is -0.00446. The number of benzene rings is 3. The fourth-order valence-electron chi connectivity index (χ4n) is 3.37. The van der Waals surface area contributed by atoms with Crippen molar-refractivity contribution in [3.8, 4) is 17.2 Å². The van der Waals surface area contributed by atoms with Crippen LogP contribution >= 0.6 is 11.6 Å². The first-order valence-corrected chi connectivity index (χ1v) is 11.4. The van der Waals surface area contributed by atoms with Crippen molar-refractivity contribution >= 4 is 41.6 Å². The molecule has 3 aromatic rings. The fourth-order valence-corrected chi connectivity index (χ4v) is 3.54. The van der Waals surface area contributed by atoms with Crippen LogP contribution in [0, 0.1) is 0 Å². The highest BCUT2D eigenvalue weighted by atomic mass is 35.5. The molecular formula is C28H22ClNO6. The topological polar surface area (TPSA) is 83.4 Å². The predicted octanol–water partition coefficient (Wildman–Crippen LogP) is 5.71. The van der Waals surface area contributed by atoms with Crippen LogP contribution in [-0.2, 0) is 14.3 Å². The molecule has 1 aliphatic heterocycles. The maximum Gasteiger partial charge on any atom is 0.363 e. The highest BCUT2D eigenvalue weighted by molar-refractivity contribution is 6.31. The van der Waals surface area contributed by atoms with Gasteiger partial charge in [0.15, 0.2) is 17.2 Å². The lowest BCUT2D eigenvalue weighted by Crippen LogP contribution is -2.07. The van der Waals surface area contributed by atoms with Crippen molar-refractivity contribution in [1.29, 1.82) is 0 Å². The number of hydrogen-bond acceptors (Lipinski definition) is 7. The van der Waals surface area contributed by atoms with Gasteiger partial charge >= 0.3 is 11.9 Å². The molecule has 7 nitrogen and oxygen atoms in total. The van der Waals surface area contributed by atoms with E-state index in [0.717, 1.165) is 5.56 Å². The quantitative estimate of drug-likeness (QED) is 0.222. The number of carbonyl (C=O) groups is 2. The molecule has 0 radical (unpaired) electrons. The molecule has 0 bridgehead atoms. The first-order chi connectivity index (χ1) is 17.5. The van der Waals surface area contributed by atoms with Crippen LogP contribution in [0.3, 0.4) is 0 Å². The molecule has 36 heavy (non-hydrogen) atoms. The zero-order valence-electron chi connectivity index (χ0n) is 19.6. The van der Waals surface area contributed by atoms with Gasteiger partial charge in [-0.15, -0.1) is 0 Å². The van der Waals surface area contributed by atoms with Gasteiger partial charge in [-0.25, -0.2) is 14.6 Å². The largest absolute Gasteiger partial charge is 0.496 e. The molecule has 0 unspecified atom stereocenters. The molecular weight excluding hydrogens is 482 g/mol. The normalized spacial score (nSPS) is 14.0. The molecule has 0 N–H and O–H groups in total. The van der Waals surface area contributed by atoms with Crippen molar-refractivity contribution in [3.05, 3.63) is 100 Å². The summed E-state index contributed by atoms with van der Waals surface area (Å²) >= 11 is 6.08. The van der Waals surface area contributed by atoms with E-state index in [-0.39, 0.29) is 17.3 Å². The van der Waals surface area contributed by atoms with E-state index in [0.29, 0.717) is 34.3 Å². The van der Waals surface area contributed by atoms with Gasteiger partial charge in [0, 0.05) is 11.1 Å². The third-order valence-electron chi connectivity index (χ3n) is 5.01. The van der Waals surface area contributed by atoms with Crippen molar-refractivity contribution in [1.82, 2.24) is 0 Å². The number of ether oxygens (including phenoxy) is 4. The van der Waals surface area contributed by atoms with Crippen LogP contribution in [0.25, 0.3) is 12.2 Å². The number of carbonyl (C=O) groups excluding carboxylic acids is 2. The van der Waals surface area contributed by atoms with E-state index < -0.39 is 11.9 Å². The van der Waals surface area contributed by atoms with Gasteiger partial charge in [0.05, 0.1) is 19.3 Å². The fraction of sp³-hybridized carbons (Fsp3) is 0.107. The Labute approximate surface area is 213 Å². The first-order valence-electron chi connectivity index (χ1n) is 11.0. The van der Waals surface area contributed by atoms with E-state index >= 15 is 0 Å². The molecule has 1 heterocycles. The molecule has 182 valence electrons. The summed E-state index contributed by atoms with van der Waals surface area (Å²) in [5.41, 5.74) is 2.03. The number of aliphatic imine (C=N–C) groups is 1. The second-order valence-corrected chi connectivity index (χ2v) is 7.92. The van der Waals surface area contributed by atoms with Crippen LogP contribution in [0.15, 0.2) is 83.5 Å². The minimum atomic E-state index is -0.619. The molecule has 0 aliphatic carbocycles. The minimum Gasteiger partial charge on any atom is -0.496 e. The van der Waals surface area contributed by atoms with E-state index in [2.05, 4.69) is 4.99 Å². The Morgan fingerprint density at radius 3 is 2.53 bits per heavy atom. The third kappa shape index (κ3) is 6.00. The van der Waals surface area contributed by atoms with Gasteiger partial charge in [-0.05, 0) is 60.5 Å². The van der Waals surface area contributed by atoms with E-state index in [9.17, 15) is 9.59 Å². The van der Waals surface area contributed by atoms with E-state index in [4.69, 9.17) is 30.5 Å². The highest BCUT2D eigenvalue weighted by Gasteiger charge is 2.26.